The quantitative estimate of drug-likeness (QED) is 0.542. The molecule has 0 aliphatic carbocycles. The smallest absolute Gasteiger partial charge is 0.237 e. The van der Waals surface area contributed by atoms with E-state index in [9.17, 15) is 14.4 Å². The van der Waals surface area contributed by atoms with Crippen molar-refractivity contribution in [2.75, 3.05) is 0 Å². The average Bonchev–Trinajstić information content (AvgIpc) is 2.14. The first-order valence-electron chi connectivity index (χ1n) is 5.66. The lowest BCUT2D eigenvalue weighted by molar-refractivity contribution is -0.138. The summed E-state index contributed by atoms with van der Waals surface area (Å²) in [5.41, 5.74) is 5.44. The van der Waals surface area contributed by atoms with Gasteiger partial charge < -0.3 is 5.73 Å². The van der Waals surface area contributed by atoms with Gasteiger partial charge >= 0.3 is 0 Å². The number of Topliss-reactive ketones (excluding diaryl/α,β-unsaturated/α-hetero) is 1. The average molecular weight is 242 g/mol. The van der Waals surface area contributed by atoms with Crippen LogP contribution in [0, 0.1) is 17.3 Å². The highest BCUT2D eigenvalue weighted by molar-refractivity contribution is 6.06. The summed E-state index contributed by atoms with van der Waals surface area (Å²) >= 11 is 0. The maximum absolute atomic E-state index is 12.1. The van der Waals surface area contributed by atoms with Crippen LogP contribution in [-0.2, 0) is 14.4 Å². The summed E-state index contributed by atoms with van der Waals surface area (Å²) in [4.78, 5) is 34.0. The van der Waals surface area contributed by atoms with Crippen LogP contribution < -0.4 is 11.1 Å². The molecule has 0 aromatic rings. The van der Waals surface area contributed by atoms with Gasteiger partial charge in [0.1, 0.15) is 5.92 Å². The molecule has 0 heterocycles. The number of carbonyl (C=O) groups is 3. The largest absolute Gasteiger partial charge is 0.321 e. The van der Waals surface area contributed by atoms with E-state index in [1.165, 1.54) is 0 Å². The van der Waals surface area contributed by atoms with Crippen molar-refractivity contribution in [3.8, 4) is 0 Å². The third-order valence-electron chi connectivity index (χ3n) is 2.70. The van der Waals surface area contributed by atoms with E-state index < -0.39 is 23.3 Å². The highest BCUT2D eigenvalue weighted by Crippen LogP contribution is 2.23. The molecular formula is C12H22N2O3. The van der Waals surface area contributed by atoms with Gasteiger partial charge in [-0.15, -0.1) is 0 Å². The molecule has 0 aliphatic heterocycles. The molecule has 0 saturated carbocycles. The minimum absolute atomic E-state index is 0.198. The SMILES string of the molecule is CC(C)[C@@H](C(=O)NC=O)C(=O)[C@@H](N)C(C)(C)C. The fraction of sp³-hybridized carbons (Fsp3) is 0.750. The Labute approximate surface area is 102 Å². The van der Waals surface area contributed by atoms with Crippen molar-refractivity contribution in [1.82, 2.24) is 5.32 Å². The van der Waals surface area contributed by atoms with Gasteiger partial charge in [-0.1, -0.05) is 34.6 Å². The van der Waals surface area contributed by atoms with Gasteiger partial charge in [-0.25, -0.2) is 0 Å². The van der Waals surface area contributed by atoms with Crippen LogP contribution in [0.1, 0.15) is 34.6 Å². The Balaban J connectivity index is 5.03. The van der Waals surface area contributed by atoms with Crippen molar-refractivity contribution < 1.29 is 14.4 Å². The summed E-state index contributed by atoms with van der Waals surface area (Å²) in [6.45, 7) is 9.02. The van der Waals surface area contributed by atoms with Gasteiger partial charge in [0.15, 0.2) is 5.78 Å². The second kappa shape index (κ2) is 5.91. The Hall–Kier alpha value is -1.23. The zero-order valence-corrected chi connectivity index (χ0v) is 11.1. The van der Waals surface area contributed by atoms with Gasteiger partial charge in [-0.05, 0) is 11.3 Å². The van der Waals surface area contributed by atoms with E-state index in [0.29, 0.717) is 0 Å². The van der Waals surface area contributed by atoms with Crippen molar-refractivity contribution in [1.29, 1.82) is 0 Å². The molecule has 0 aliphatic rings. The van der Waals surface area contributed by atoms with Crippen molar-refractivity contribution >= 4 is 18.1 Å². The Bertz CT molecular complexity index is 305. The zero-order chi connectivity index (χ0) is 13.8. The third-order valence-corrected chi connectivity index (χ3v) is 2.70. The molecule has 0 spiro atoms. The third kappa shape index (κ3) is 4.26. The number of carbonyl (C=O) groups excluding carboxylic acids is 3. The molecule has 0 unspecified atom stereocenters. The van der Waals surface area contributed by atoms with Crippen molar-refractivity contribution in [2.45, 2.75) is 40.7 Å². The van der Waals surface area contributed by atoms with Crippen LogP contribution in [-0.4, -0.2) is 24.1 Å². The summed E-state index contributed by atoms with van der Waals surface area (Å²) in [6, 6.07) is -0.729. The first-order chi connectivity index (χ1) is 7.62. The maximum atomic E-state index is 12.1. The normalized spacial score (nSPS) is 15.2. The molecule has 5 nitrogen and oxygen atoms in total. The minimum atomic E-state index is -0.880. The minimum Gasteiger partial charge on any atom is -0.321 e. The van der Waals surface area contributed by atoms with Crippen LogP contribution in [0.15, 0.2) is 0 Å². The second-order valence-corrected chi connectivity index (χ2v) is 5.59. The fourth-order valence-corrected chi connectivity index (χ4v) is 1.53. The predicted octanol–water partition coefficient (Wildman–Crippen LogP) is 0.474. The summed E-state index contributed by atoms with van der Waals surface area (Å²) in [6.07, 6.45) is 0.285. The number of amides is 2. The van der Waals surface area contributed by atoms with Gasteiger partial charge in [0, 0.05) is 0 Å². The highest BCUT2D eigenvalue weighted by Gasteiger charge is 2.37. The molecular weight excluding hydrogens is 220 g/mol. The second-order valence-electron chi connectivity index (χ2n) is 5.59. The standard InChI is InChI=1S/C12H22N2O3/c1-7(2)8(11(17)14-6-15)9(16)10(13)12(3,4)5/h6-8,10H,13H2,1-5H3,(H,14,15,17)/t8-,10-/m1/s1. The van der Waals surface area contributed by atoms with Gasteiger partial charge in [-0.2, -0.15) is 0 Å². The maximum Gasteiger partial charge on any atom is 0.237 e. The summed E-state index contributed by atoms with van der Waals surface area (Å²) in [5.74, 6) is -1.99. The molecule has 5 heteroatoms. The summed E-state index contributed by atoms with van der Waals surface area (Å²) < 4.78 is 0. The molecule has 0 aromatic carbocycles. The van der Waals surface area contributed by atoms with Crippen LogP contribution in [0.25, 0.3) is 0 Å². The topological polar surface area (TPSA) is 89.3 Å². The molecule has 0 radical (unpaired) electrons. The molecule has 0 rings (SSSR count). The van der Waals surface area contributed by atoms with Crippen LogP contribution in [0.5, 0.6) is 0 Å². The summed E-state index contributed by atoms with van der Waals surface area (Å²) in [7, 11) is 0. The number of rotatable bonds is 5. The Kier molecular flexibility index (Phi) is 5.48. The monoisotopic (exact) mass is 242 g/mol. The lowest BCUT2D eigenvalue weighted by Crippen LogP contribution is -2.50. The van der Waals surface area contributed by atoms with Gasteiger partial charge in [0.05, 0.1) is 6.04 Å². The van der Waals surface area contributed by atoms with Gasteiger partial charge in [0.2, 0.25) is 12.3 Å². The molecule has 0 bridgehead atoms. The molecule has 0 fully saturated rings. The van der Waals surface area contributed by atoms with Crippen molar-refractivity contribution in [3.05, 3.63) is 0 Å². The Morgan fingerprint density at radius 1 is 1.24 bits per heavy atom. The molecule has 2 atom stereocenters. The molecule has 98 valence electrons. The number of ketones is 1. The molecule has 2 amide bonds. The van der Waals surface area contributed by atoms with E-state index in [1.807, 2.05) is 26.1 Å². The van der Waals surface area contributed by atoms with Crippen LogP contribution >= 0.6 is 0 Å². The predicted molar refractivity (Wildman–Crippen MR) is 65.0 cm³/mol. The Morgan fingerprint density at radius 3 is 2.00 bits per heavy atom. The van der Waals surface area contributed by atoms with E-state index in [2.05, 4.69) is 0 Å². The lowest BCUT2D eigenvalue weighted by Gasteiger charge is -2.29. The number of imide groups is 1. The first-order valence-corrected chi connectivity index (χ1v) is 5.66. The van der Waals surface area contributed by atoms with Crippen LogP contribution in [0.2, 0.25) is 0 Å². The Morgan fingerprint density at radius 2 is 1.71 bits per heavy atom. The number of nitrogens with one attached hydrogen (secondary N) is 1. The number of hydrogen-bond donors (Lipinski definition) is 2. The van der Waals surface area contributed by atoms with E-state index in [4.69, 9.17) is 5.73 Å². The van der Waals surface area contributed by atoms with Crippen LogP contribution in [0.3, 0.4) is 0 Å². The molecule has 0 aromatic heterocycles. The van der Waals surface area contributed by atoms with E-state index in [0.717, 1.165) is 0 Å². The molecule has 3 N–H and O–H groups in total. The lowest BCUT2D eigenvalue weighted by atomic mass is 9.77. The van der Waals surface area contributed by atoms with Gasteiger partial charge in [0.25, 0.3) is 0 Å². The van der Waals surface area contributed by atoms with Crippen molar-refractivity contribution in [3.63, 3.8) is 0 Å². The van der Waals surface area contributed by atoms with Crippen LogP contribution in [0.4, 0.5) is 0 Å². The fourth-order valence-electron chi connectivity index (χ4n) is 1.53. The van der Waals surface area contributed by atoms with E-state index >= 15 is 0 Å². The summed E-state index contributed by atoms with van der Waals surface area (Å²) in [5, 5.41) is 2.02. The van der Waals surface area contributed by atoms with E-state index in [1.54, 1.807) is 13.8 Å². The van der Waals surface area contributed by atoms with Gasteiger partial charge in [-0.3, -0.25) is 19.7 Å². The molecule has 0 saturated heterocycles. The zero-order valence-electron chi connectivity index (χ0n) is 11.1. The van der Waals surface area contributed by atoms with Crippen molar-refractivity contribution in [2.24, 2.45) is 23.0 Å². The highest BCUT2D eigenvalue weighted by atomic mass is 16.2. The molecule has 17 heavy (non-hydrogen) atoms. The number of hydrogen-bond acceptors (Lipinski definition) is 4. The first kappa shape index (κ1) is 15.8. The number of nitrogens with two attached hydrogens (primary N) is 1. The van der Waals surface area contributed by atoms with E-state index in [-0.39, 0.29) is 18.1 Å².